The second kappa shape index (κ2) is 5.21. The van der Waals surface area contributed by atoms with Gasteiger partial charge < -0.3 is 5.11 Å². The number of carbonyl (C=O) groups excluding carboxylic acids is 1. The van der Waals surface area contributed by atoms with Gasteiger partial charge >= 0.3 is 0 Å². The molecule has 3 unspecified atom stereocenters. The molecule has 2 saturated carbocycles. The first-order chi connectivity index (χ1) is 11.0. The first kappa shape index (κ1) is 15.5. The molecule has 4 aliphatic rings. The molecule has 0 aromatic rings. The number of hydrogen-bond acceptors (Lipinski definition) is 2. The van der Waals surface area contributed by atoms with Crippen LogP contribution in [-0.2, 0) is 4.79 Å². The van der Waals surface area contributed by atoms with Gasteiger partial charge in [0.2, 0.25) is 0 Å². The van der Waals surface area contributed by atoms with E-state index in [9.17, 15) is 9.90 Å². The standard InChI is InChI=1S/C21H28O2/c1-3-20-11-9-17-16-8-6-15(22)13-14(16)5-7-18(17)19(20)10-12-21(20,23)4-2/h2,17-19,23H,3,5-13H2,1H3/t17?,18?,19?,20-,21-/m0/s1. The molecule has 5 atom stereocenters. The zero-order chi connectivity index (χ0) is 16.2. The molecule has 0 aromatic heterocycles. The Bertz CT molecular complexity index is 610. The Morgan fingerprint density at radius 2 is 2.04 bits per heavy atom. The predicted octanol–water partition coefficient (Wildman–Crippen LogP) is 4.03. The van der Waals surface area contributed by atoms with Crippen LogP contribution < -0.4 is 0 Å². The molecular weight excluding hydrogens is 284 g/mol. The molecule has 4 rings (SSSR count). The molecule has 124 valence electrons. The van der Waals surface area contributed by atoms with Crippen LogP contribution >= 0.6 is 0 Å². The van der Waals surface area contributed by atoms with E-state index in [4.69, 9.17) is 6.42 Å². The average Bonchev–Trinajstić information content (AvgIpc) is 2.88. The first-order valence-electron chi connectivity index (χ1n) is 9.47. The van der Waals surface area contributed by atoms with Crippen LogP contribution in [0.2, 0.25) is 0 Å². The van der Waals surface area contributed by atoms with Crippen molar-refractivity contribution in [2.75, 3.05) is 0 Å². The Hall–Kier alpha value is -1.07. The van der Waals surface area contributed by atoms with Crippen molar-refractivity contribution in [3.05, 3.63) is 11.1 Å². The fraction of sp³-hybridized carbons (Fsp3) is 0.762. The Morgan fingerprint density at radius 1 is 1.22 bits per heavy atom. The molecule has 4 aliphatic carbocycles. The van der Waals surface area contributed by atoms with E-state index in [1.807, 2.05) is 0 Å². The number of terminal acetylenes is 1. The van der Waals surface area contributed by atoms with Crippen LogP contribution in [0.25, 0.3) is 0 Å². The van der Waals surface area contributed by atoms with Crippen molar-refractivity contribution in [2.24, 2.45) is 23.2 Å². The van der Waals surface area contributed by atoms with Gasteiger partial charge in [-0.05, 0) is 69.1 Å². The third-order valence-corrected chi connectivity index (χ3v) is 7.92. The molecule has 2 nitrogen and oxygen atoms in total. The summed E-state index contributed by atoms with van der Waals surface area (Å²) in [7, 11) is 0. The number of hydrogen-bond donors (Lipinski definition) is 1. The quantitative estimate of drug-likeness (QED) is 0.586. The number of aliphatic hydroxyl groups is 1. The fourth-order valence-corrected chi connectivity index (χ4v) is 6.83. The Morgan fingerprint density at radius 3 is 2.78 bits per heavy atom. The van der Waals surface area contributed by atoms with Crippen LogP contribution in [0.1, 0.15) is 71.1 Å². The summed E-state index contributed by atoms with van der Waals surface area (Å²) in [6.45, 7) is 2.22. The minimum absolute atomic E-state index is 0.0640. The highest BCUT2D eigenvalue weighted by Crippen LogP contribution is 2.65. The summed E-state index contributed by atoms with van der Waals surface area (Å²) >= 11 is 0. The van der Waals surface area contributed by atoms with Crippen LogP contribution in [0.15, 0.2) is 11.1 Å². The van der Waals surface area contributed by atoms with Crippen molar-refractivity contribution in [3.63, 3.8) is 0 Å². The van der Waals surface area contributed by atoms with Crippen molar-refractivity contribution in [1.82, 2.24) is 0 Å². The second-order valence-corrected chi connectivity index (χ2v) is 8.35. The van der Waals surface area contributed by atoms with Gasteiger partial charge in [0, 0.05) is 18.3 Å². The van der Waals surface area contributed by atoms with Crippen molar-refractivity contribution >= 4 is 5.78 Å². The zero-order valence-corrected chi connectivity index (χ0v) is 14.2. The van der Waals surface area contributed by atoms with E-state index < -0.39 is 5.60 Å². The van der Waals surface area contributed by atoms with Crippen molar-refractivity contribution < 1.29 is 9.90 Å². The lowest BCUT2D eigenvalue weighted by molar-refractivity contribution is -0.119. The summed E-state index contributed by atoms with van der Waals surface area (Å²) in [5, 5.41) is 11.1. The molecule has 0 heterocycles. The lowest BCUT2D eigenvalue weighted by atomic mass is 9.51. The number of ketones is 1. The van der Waals surface area contributed by atoms with Crippen LogP contribution in [0.4, 0.5) is 0 Å². The van der Waals surface area contributed by atoms with Crippen LogP contribution in [0.3, 0.4) is 0 Å². The van der Waals surface area contributed by atoms with Gasteiger partial charge in [-0.15, -0.1) is 6.42 Å². The maximum absolute atomic E-state index is 11.8. The van der Waals surface area contributed by atoms with Gasteiger partial charge in [0.15, 0.2) is 0 Å². The summed E-state index contributed by atoms with van der Waals surface area (Å²) in [6.07, 6.45) is 15.6. The summed E-state index contributed by atoms with van der Waals surface area (Å²) in [5.74, 6) is 5.13. The van der Waals surface area contributed by atoms with Gasteiger partial charge in [0.1, 0.15) is 11.4 Å². The monoisotopic (exact) mass is 312 g/mol. The van der Waals surface area contributed by atoms with Crippen LogP contribution in [0, 0.1) is 35.5 Å². The van der Waals surface area contributed by atoms with Crippen molar-refractivity contribution in [1.29, 1.82) is 0 Å². The van der Waals surface area contributed by atoms with Gasteiger partial charge in [0.05, 0.1) is 0 Å². The number of carbonyl (C=O) groups is 1. The molecule has 23 heavy (non-hydrogen) atoms. The molecule has 0 aliphatic heterocycles. The summed E-state index contributed by atoms with van der Waals surface area (Å²) in [4.78, 5) is 11.8. The summed E-state index contributed by atoms with van der Waals surface area (Å²) in [6, 6.07) is 0. The molecule has 0 saturated heterocycles. The molecule has 0 bridgehead atoms. The van der Waals surface area contributed by atoms with Gasteiger partial charge in [-0.1, -0.05) is 24.0 Å². The highest BCUT2D eigenvalue weighted by Gasteiger charge is 2.62. The van der Waals surface area contributed by atoms with E-state index in [1.54, 1.807) is 5.57 Å². The number of allylic oxidation sites excluding steroid dienone is 2. The van der Waals surface area contributed by atoms with E-state index in [0.717, 1.165) is 57.8 Å². The number of rotatable bonds is 1. The highest BCUT2D eigenvalue weighted by atomic mass is 16.3. The van der Waals surface area contributed by atoms with Crippen LogP contribution in [-0.4, -0.2) is 16.5 Å². The SMILES string of the molecule is C#C[C@]1(O)CCC2C3CCC4=C(CCC(=O)C4)C3CC[C@@]21CC. The van der Waals surface area contributed by atoms with Crippen molar-refractivity contribution in [2.45, 2.75) is 76.7 Å². The lowest BCUT2D eigenvalue weighted by Crippen LogP contribution is -2.52. The minimum Gasteiger partial charge on any atom is -0.377 e. The van der Waals surface area contributed by atoms with E-state index in [1.165, 1.54) is 12.0 Å². The fourth-order valence-electron chi connectivity index (χ4n) is 6.83. The second-order valence-electron chi connectivity index (χ2n) is 8.35. The molecule has 0 spiro atoms. The molecule has 2 heteroatoms. The molecule has 2 fully saturated rings. The third-order valence-electron chi connectivity index (χ3n) is 7.92. The van der Waals surface area contributed by atoms with E-state index in [0.29, 0.717) is 23.5 Å². The first-order valence-corrected chi connectivity index (χ1v) is 9.47. The van der Waals surface area contributed by atoms with Gasteiger partial charge in [-0.3, -0.25) is 4.79 Å². The maximum atomic E-state index is 11.8. The van der Waals surface area contributed by atoms with Gasteiger partial charge in [-0.25, -0.2) is 0 Å². The summed E-state index contributed by atoms with van der Waals surface area (Å²) < 4.78 is 0. The zero-order valence-electron chi connectivity index (χ0n) is 14.2. The van der Waals surface area contributed by atoms with E-state index >= 15 is 0 Å². The van der Waals surface area contributed by atoms with Gasteiger partial charge in [0.25, 0.3) is 0 Å². The Balaban J connectivity index is 1.69. The van der Waals surface area contributed by atoms with Crippen molar-refractivity contribution in [3.8, 4) is 12.3 Å². The topological polar surface area (TPSA) is 37.3 Å². The smallest absolute Gasteiger partial charge is 0.137 e. The van der Waals surface area contributed by atoms with Crippen LogP contribution in [0.5, 0.6) is 0 Å². The molecule has 0 radical (unpaired) electrons. The Labute approximate surface area is 139 Å². The summed E-state index contributed by atoms with van der Waals surface area (Å²) in [5.41, 5.74) is 2.14. The molecule has 1 N–H and O–H groups in total. The molecule has 0 amide bonds. The largest absolute Gasteiger partial charge is 0.377 e. The third kappa shape index (κ3) is 1.96. The normalized spacial score (nSPS) is 46.0. The highest BCUT2D eigenvalue weighted by molar-refractivity contribution is 5.82. The average molecular weight is 312 g/mol. The molecular formula is C21H28O2. The van der Waals surface area contributed by atoms with E-state index in [-0.39, 0.29) is 5.41 Å². The maximum Gasteiger partial charge on any atom is 0.137 e. The number of fused-ring (bicyclic) bond motifs is 4. The Kier molecular flexibility index (Phi) is 3.50. The van der Waals surface area contributed by atoms with E-state index in [2.05, 4.69) is 12.8 Å². The molecule has 0 aromatic carbocycles. The number of Topliss-reactive ketones (excluding diaryl/α,β-unsaturated/α-hetero) is 1. The van der Waals surface area contributed by atoms with Gasteiger partial charge in [-0.2, -0.15) is 0 Å². The predicted molar refractivity (Wildman–Crippen MR) is 90.6 cm³/mol. The minimum atomic E-state index is -0.894. The lowest BCUT2D eigenvalue weighted by Gasteiger charge is -2.54.